The number of rotatable bonds is 10. The highest BCUT2D eigenvalue weighted by Gasteiger charge is 2.33. The molecular weight excluding hydrogens is 416 g/mol. The third-order valence-electron chi connectivity index (χ3n) is 7.90. The molecule has 0 bridgehead atoms. The molecule has 0 heterocycles. The largest absolute Gasteiger partial charge is 0.420 e. The summed E-state index contributed by atoms with van der Waals surface area (Å²) in [7, 11) is 0.236. The van der Waals surface area contributed by atoms with E-state index in [2.05, 4.69) is 54.7 Å². The lowest BCUT2D eigenvalue weighted by molar-refractivity contribution is 0.386. The van der Waals surface area contributed by atoms with Gasteiger partial charge in [0, 0.05) is 7.11 Å². The van der Waals surface area contributed by atoms with Crippen LogP contribution in [0.25, 0.3) is 0 Å². The molecule has 0 aliphatic heterocycles. The minimum absolute atomic E-state index is 1.24. The van der Waals surface area contributed by atoms with E-state index in [0.29, 0.717) is 0 Å². The van der Waals surface area contributed by atoms with Gasteiger partial charge in [-0.3, -0.25) is 0 Å². The Kier molecular flexibility index (Phi) is 12.3. The Morgan fingerprint density at radius 2 is 0.939 bits per heavy atom. The van der Waals surface area contributed by atoms with Gasteiger partial charge in [-0.25, -0.2) is 0 Å². The normalized spacial score (nSPS) is 28.1. The van der Waals surface area contributed by atoms with Crippen LogP contribution < -0.4 is 0 Å². The van der Waals surface area contributed by atoms with E-state index in [0.717, 1.165) is 0 Å². The summed E-state index contributed by atoms with van der Waals surface area (Å²) < 4.78 is 6.58. The van der Waals surface area contributed by atoms with Crippen LogP contribution in [0.15, 0.2) is 71.4 Å². The first-order chi connectivity index (χ1) is 16.3. The fourth-order valence-electron chi connectivity index (χ4n) is 5.47. The number of hydrogen-bond acceptors (Lipinski definition) is 1. The fraction of sp³-hybridized carbons (Fsp3) is 0.613. The van der Waals surface area contributed by atoms with Crippen LogP contribution in [-0.2, 0) is 4.43 Å². The zero-order chi connectivity index (χ0) is 23.0. The first-order valence-corrected chi connectivity index (χ1v) is 16.4. The Morgan fingerprint density at radius 1 is 0.576 bits per heavy atom. The lowest BCUT2D eigenvalue weighted by atomic mass is 10.0. The van der Waals surface area contributed by atoms with E-state index in [1.165, 1.54) is 114 Å². The van der Waals surface area contributed by atoms with Gasteiger partial charge in [0.2, 0.25) is 0 Å². The summed E-state index contributed by atoms with van der Waals surface area (Å²) in [4.78, 5) is 0. The minimum atomic E-state index is -1.80. The van der Waals surface area contributed by atoms with Gasteiger partial charge >= 0.3 is 0 Å². The monoisotopic (exact) mass is 464 g/mol. The second-order valence-corrected chi connectivity index (χ2v) is 14.7. The molecule has 0 saturated carbocycles. The molecule has 3 aliphatic rings. The highest BCUT2D eigenvalue weighted by atomic mass is 28.4. The van der Waals surface area contributed by atoms with Crippen molar-refractivity contribution in [2.24, 2.45) is 0 Å². The smallest absolute Gasteiger partial charge is 0.193 e. The van der Waals surface area contributed by atoms with E-state index in [1.807, 2.05) is 7.11 Å². The summed E-state index contributed by atoms with van der Waals surface area (Å²) in [5, 5.41) is 0. The van der Waals surface area contributed by atoms with Crippen molar-refractivity contribution in [2.45, 2.75) is 114 Å². The zero-order valence-electron chi connectivity index (χ0n) is 21.3. The second-order valence-electron chi connectivity index (χ2n) is 10.4. The highest BCUT2D eigenvalue weighted by molar-refractivity contribution is 6.73. The van der Waals surface area contributed by atoms with Crippen LogP contribution in [0, 0.1) is 0 Å². The number of hydrogen-bond donors (Lipinski definition) is 0. The molecule has 2 heteroatoms. The molecule has 0 atom stereocenters. The summed E-state index contributed by atoms with van der Waals surface area (Å²) >= 11 is 0. The molecule has 1 nitrogen and oxygen atoms in total. The summed E-state index contributed by atoms with van der Waals surface area (Å²) in [5.41, 5.74) is 4.96. The Labute approximate surface area is 205 Å². The molecule has 182 valence electrons. The molecule has 0 saturated heterocycles. The van der Waals surface area contributed by atoms with Gasteiger partial charge in [0.15, 0.2) is 8.32 Å². The van der Waals surface area contributed by atoms with Crippen molar-refractivity contribution in [2.75, 3.05) is 7.11 Å². The van der Waals surface area contributed by atoms with Crippen molar-refractivity contribution < 1.29 is 4.43 Å². The quantitative estimate of drug-likeness (QED) is 0.292. The van der Waals surface area contributed by atoms with Gasteiger partial charge in [-0.1, -0.05) is 71.4 Å². The van der Waals surface area contributed by atoms with Gasteiger partial charge in [-0.05, 0) is 114 Å². The van der Waals surface area contributed by atoms with E-state index < -0.39 is 8.32 Å². The first kappa shape index (κ1) is 26.2. The molecule has 0 aromatic heterocycles. The van der Waals surface area contributed by atoms with Crippen molar-refractivity contribution in [3.05, 3.63) is 71.4 Å². The van der Waals surface area contributed by atoms with E-state index >= 15 is 0 Å². The molecule has 3 aliphatic carbocycles. The van der Waals surface area contributed by atoms with Crippen LogP contribution in [0.2, 0.25) is 18.1 Å². The van der Waals surface area contributed by atoms with Crippen molar-refractivity contribution in [3.63, 3.8) is 0 Å². The van der Waals surface area contributed by atoms with Crippen LogP contribution in [0.4, 0.5) is 0 Å². The maximum absolute atomic E-state index is 6.58. The van der Waals surface area contributed by atoms with E-state index in [4.69, 9.17) is 4.43 Å². The summed E-state index contributed by atoms with van der Waals surface area (Å²) in [6.45, 7) is 0. The van der Waals surface area contributed by atoms with Crippen molar-refractivity contribution in [1.29, 1.82) is 0 Å². The van der Waals surface area contributed by atoms with Crippen molar-refractivity contribution in [1.82, 2.24) is 0 Å². The van der Waals surface area contributed by atoms with Crippen molar-refractivity contribution in [3.8, 4) is 0 Å². The maximum atomic E-state index is 6.58. The topological polar surface area (TPSA) is 9.23 Å². The lowest BCUT2D eigenvalue weighted by Crippen LogP contribution is -2.37. The van der Waals surface area contributed by atoms with Crippen molar-refractivity contribution >= 4 is 8.32 Å². The third-order valence-corrected chi connectivity index (χ3v) is 12.2. The first-order valence-electron chi connectivity index (χ1n) is 13.9. The van der Waals surface area contributed by atoms with E-state index in [9.17, 15) is 0 Å². The minimum Gasteiger partial charge on any atom is -0.420 e. The molecule has 0 fully saturated rings. The molecule has 33 heavy (non-hydrogen) atoms. The van der Waals surface area contributed by atoms with Gasteiger partial charge in [0.05, 0.1) is 0 Å². The Balaban J connectivity index is 1.69. The van der Waals surface area contributed by atoms with Crippen LogP contribution in [0.3, 0.4) is 0 Å². The standard InChI is InChI=1S/C31H48OSi/c1-32-33(26-23-29-17-11-5-2-6-12-18-29,27-24-30-19-13-7-3-8-14-20-30)28-25-31-21-15-9-4-10-16-22-31/h5,7,9,11,13,15,17,19,21H,2-4,6,8,10,12,14,16,18,20,22-28H2,1H3/b11-5-,13-7-,15-9-,29-17+,30-19+,31-21+. The maximum Gasteiger partial charge on any atom is 0.193 e. The predicted molar refractivity (Wildman–Crippen MR) is 148 cm³/mol. The average molecular weight is 465 g/mol. The molecular formula is C31H48OSi. The van der Waals surface area contributed by atoms with Gasteiger partial charge in [0.25, 0.3) is 0 Å². The Morgan fingerprint density at radius 3 is 1.27 bits per heavy atom. The SMILES string of the molecule is CO[Si](CC/C1=C/C=C\CCCC1)(CC/C1=C/C=C\CCCC1)CC/C1=C/C=C\CCCC1. The predicted octanol–water partition coefficient (Wildman–Crippen LogP) is 9.92. The van der Waals surface area contributed by atoms with E-state index in [-0.39, 0.29) is 0 Å². The fourth-order valence-corrected chi connectivity index (χ4v) is 9.16. The van der Waals surface area contributed by atoms with E-state index in [1.54, 1.807) is 16.7 Å². The third kappa shape index (κ3) is 10.2. The summed E-state index contributed by atoms with van der Waals surface area (Å²) in [5.74, 6) is 0. The van der Waals surface area contributed by atoms with Gasteiger partial charge < -0.3 is 4.43 Å². The Bertz CT molecular complexity index is 651. The van der Waals surface area contributed by atoms with Crippen LogP contribution >= 0.6 is 0 Å². The number of allylic oxidation sites excluding steroid dienone is 12. The molecule has 0 unspecified atom stereocenters. The van der Waals surface area contributed by atoms with Crippen LogP contribution in [0.5, 0.6) is 0 Å². The van der Waals surface area contributed by atoms with Crippen LogP contribution in [-0.4, -0.2) is 15.4 Å². The molecule has 0 amide bonds. The molecule has 0 aromatic carbocycles. The molecule has 0 radical (unpaired) electrons. The summed E-state index contributed by atoms with van der Waals surface area (Å²) in [6.07, 6.45) is 40.6. The summed E-state index contributed by atoms with van der Waals surface area (Å²) in [6, 6.07) is 3.86. The van der Waals surface area contributed by atoms with Crippen LogP contribution in [0.1, 0.15) is 96.3 Å². The molecule has 0 N–H and O–H groups in total. The highest BCUT2D eigenvalue weighted by Crippen LogP contribution is 2.34. The Hall–Kier alpha value is -1.38. The zero-order valence-corrected chi connectivity index (χ0v) is 22.3. The average Bonchev–Trinajstić information content (AvgIpc) is 2.76. The lowest BCUT2D eigenvalue weighted by Gasteiger charge is -2.32. The van der Waals surface area contributed by atoms with Gasteiger partial charge in [-0.2, -0.15) is 0 Å². The molecule has 0 spiro atoms. The van der Waals surface area contributed by atoms with Gasteiger partial charge in [-0.15, -0.1) is 0 Å². The van der Waals surface area contributed by atoms with Gasteiger partial charge in [0.1, 0.15) is 0 Å². The molecule has 3 rings (SSSR count). The molecule has 0 aromatic rings. The second kappa shape index (κ2) is 15.5.